The highest BCUT2D eigenvalue weighted by Gasteiger charge is 2.36. The molecule has 2 aromatic rings. The van der Waals surface area contributed by atoms with Gasteiger partial charge in [-0.15, -0.1) is 12.4 Å². The van der Waals surface area contributed by atoms with Crippen molar-refractivity contribution in [3.05, 3.63) is 53.9 Å². The van der Waals surface area contributed by atoms with Crippen molar-refractivity contribution >= 4 is 24.2 Å². The van der Waals surface area contributed by atoms with Crippen LogP contribution in [0.15, 0.2) is 42.7 Å². The van der Waals surface area contributed by atoms with Gasteiger partial charge < -0.3 is 16.4 Å². The molecule has 0 bridgehead atoms. The van der Waals surface area contributed by atoms with Crippen molar-refractivity contribution in [1.29, 1.82) is 0 Å². The molecule has 0 radical (unpaired) electrons. The van der Waals surface area contributed by atoms with E-state index < -0.39 is 11.9 Å². The van der Waals surface area contributed by atoms with Crippen LogP contribution in [0.25, 0.3) is 0 Å². The van der Waals surface area contributed by atoms with E-state index in [9.17, 15) is 9.59 Å². The molecule has 7 nitrogen and oxygen atoms in total. The number of aromatic nitrogens is 2. The van der Waals surface area contributed by atoms with Gasteiger partial charge >= 0.3 is 0 Å². The van der Waals surface area contributed by atoms with Crippen LogP contribution in [0.3, 0.4) is 0 Å². The number of carbonyl (C=O) groups excluding carboxylic acids is 2. The molecule has 1 unspecified atom stereocenters. The van der Waals surface area contributed by atoms with E-state index in [-0.39, 0.29) is 30.2 Å². The Balaban J connectivity index is 0.00000225. The Morgan fingerprint density at radius 2 is 2.04 bits per heavy atom. The number of nitrogens with zero attached hydrogens (tertiary/aromatic N) is 2. The lowest BCUT2D eigenvalue weighted by atomic mass is 9.90. The second kappa shape index (κ2) is 8.13. The topological polar surface area (TPSA) is 102 Å². The van der Waals surface area contributed by atoms with Crippen molar-refractivity contribution in [3.63, 3.8) is 0 Å². The molecule has 2 heterocycles. The zero-order valence-electron chi connectivity index (χ0n) is 13.9. The monoisotopic (exact) mass is 363 g/mol. The van der Waals surface area contributed by atoms with Crippen LogP contribution in [0.4, 0.5) is 0 Å². The number of aryl methyl sites for hydroxylation is 1. The Morgan fingerprint density at radius 1 is 1.32 bits per heavy atom. The predicted molar refractivity (Wildman–Crippen MR) is 96.1 cm³/mol. The summed E-state index contributed by atoms with van der Waals surface area (Å²) in [7, 11) is 1.85. The molecule has 25 heavy (non-hydrogen) atoms. The first kappa shape index (κ1) is 19.0. The highest BCUT2D eigenvalue weighted by atomic mass is 35.5. The van der Waals surface area contributed by atoms with Gasteiger partial charge in [0.2, 0.25) is 11.8 Å². The molecule has 8 heteroatoms. The van der Waals surface area contributed by atoms with Gasteiger partial charge in [-0.2, -0.15) is 5.10 Å². The molecule has 1 fully saturated rings. The third kappa shape index (κ3) is 4.18. The smallest absolute Gasteiger partial charge is 0.244 e. The summed E-state index contributed by atoms with van der Waals surface area (Å²) in [4.78, 5) is 24.5. The normalized spacial score (nSPS) is 20.5. The van der Waals surface area contributed by atoms with E-state index in [0.717, 1.165) is 5.56 Å². The molecular weight excluding hydrogens is 342 g/mol. The number of carbonyl (C=O) groups is 2. The Kier molecular flexibility index (Phi) is 6.17. The zero-order chi connectivity index (χ0) is 17.1. The molecule has 1 aromatic heterocycles. The van der Waals surface area contributed by atoms with Crippen LogP contribution in [0, 0.1) is 5.92 Å². The molecular formula is C17H22ClN5O2. The van der Waals surface area contributed by atoms with E-state index in [0.29, 0.717) is 18.7 Å². The Labute approximate surface area is 152 Å². The van der Waals surface area contributed by atoms with E-state index in [1.54, 1.807) is 23.0 Å². The second-order valence-electron chi connectivity index (χ2n) is 6.07. The van der Waals surface area contributed by atoms with E-state index in [1.165, 1.54) is 0 Å². The highest BCUT2D eigenvalue weighted by molar-refractivity contribution is 5.89. The Hall–Kier alpha value is -2.38. The minimum Gasteiger partial charge on any atom is -0.368 e. The molecule has 134 valence electrons. The van der Waals surface area contributed by atoms with Crippen LogP contribution in [0.1, 0.15) is 23.1 Å². The summed E-state index contributed by atoms with van der Waals surface area (Å²) in [6.45, 7) is 1.27. The van der Waals surface area contributed by atoms with E-state index in [4.69, 9.17) is 5.73 Å². The van der Waals surface area contributed by atoms with Gasteiger partial charge in [-0.25, -0.2) is 0 Å². The number of hydrogen-bond acceptors (Lipinski definition) is 4. The largest absolute Gasteiger partial charge is 0.368 e. The quantitative estimate of drug-likeness (QED) is 0.719. The van der Waals surface area contributed by atoms with Gasteiger partial charge in [-0.05, 0) is 11.1 Å². The average Bonchev–Trinajstić information content (AvgIpc) is 3.21. The van der Waals surface area contributed by atoms with Crippen molar-refractivity contribution in [1.82, 2.24) is 20.4 Å². The summed E-state index contributed by atoms with van der Waals surface area (Å²) >= 11 is 0. The summed E-state index contributed by atoms with van der Waals surface area (Å²) in [5.74, 6) is -0.984. The number of halogens is 1. The number of rotatable bonds is 5. The first-order chi connectivity index (χ1) is 11.6. The molecule has 4 N–H and O–H groups in total. The summed E-state index contributed by atoms with van der Waals surface area (Å²) in [6.07, 6.45) is 3.70. The SMILES string of the molecule is Cl.Cn1cc([C@H]2CNC[C@@H]2C(=O)NC(C(N)=O)c2ccccc2)cn1. The van der Waals surface area contributed by atoms with Crippen LogP contribution < -0.4 is 16.4 Å². The van der Waals surface area contributed by atoms with Crippen molar-refractivity contribution in [2.75, 3.05) is 13.1 Å². The molecule has 1 aliphatic heterocycles. The minimum absolute atomic E-state index is 0. The number of primary amides is 1. The average molecular weight is 364 g/mol. The predicted octanol–water partition coefficient (Wildman–Crippen LogP) is 0.488. The summed E-state index contributed by atoms with van der Waals surface area (Å²) < 4.78 is 1.72. The van der Waals surface area contributed by atoms with Gasteiger partial charge in [0.05, 0.1) is 12.1 Å². The van der Waals surface area contributed by atoms with E-state index >= 15 is 0 Å². The van der Waals surface area contributed by atoms with Crippen LogP contribution in [0.5, 0.6) is 0 Å². The van der Waals surface area contributed by atoms with Crippen molar-refractivity contribution in [2.45, 2.75) is 12.0 Å². The maximum Gasteiger partial charge on any atom is 0.244 e. The van der Waals surface area contributed by atoms with Gasteiger partial charge in [-0.3, -0.25) is 14.3 Å². The summed E-state index contributed by atoms with van der Waals surface area (Å²) in [6, 6.07) is 8.21. The lowest BCUT2D eigenvalue weighted by Crippen LogP contribution is -2.42. The lowest BCUT2D eigenvalue weighted by Gasteiger charge is -2.21. The fourth-order valence-electron chi connectivity index (χ4n) is 3.15. The second-order valence-corrected chi connectivity index (χ2v) is 6.07. The molecule has 1 aromatic carbocycles. The Morgan fingerprint density at radius 3 is 2.64 bits per heavy atom. The van der Waals surface area contributed by atoms with Gasteiger partial charge in [0.15, 0.2) is 0 Å². The standard InChI is InChI=1S/C17H21N5O2.ClH/c1-22-10-12(7-20-22)13-8-19-9-14(13)17(24)21-15(16(18)23)11-5-3-2-4-6-11;/h2-7,10,13-15,19H,8-9H2,1H3,(H2,18,23)(H,21,24);1H/t13-,14+,15?;/m1./s1. The van der Waals surface area contributed by atoms with Crippen LogP contribution in [-0.4, -0.2) is 34.7 Å². The molecule has 3 rings (SSSR count). The maximum atomic E-state index is 12.7. The highest BCUT2D eigenvalue weighted by Crippen LogP contribution is 2.28. The first-order valence-corrected chi connectivity index (χ1v) is 7.90. The van der Waals surface area contributed by atoms with E-state index in [1.807, 2.05) is 31.4 Å². The number of nitrogens with two attached hydrogens (primary N) is 1. The van der Waals surface area contributed by atoms with Crippen molar-refractivity contribution < 1.29 is 9.59 Å². The van der Waals surface area contributed by atoms with Gasteiger partial charge in [-0.1, -0.05) is 30.3 Å². The fourth-order valence-corrected chi connectivity index (χ4v) is 3.15. The van der Waals surface area contributed by atoms with E-state index in [2.05, 4.69) is 15.7 Å². The fraction of sp³-hybridized carbons (Fsp3) is 0.353. The summed E-state index contributed by atoms with van der Waals surface area (Å²) in [5.41, 5.74) is 7.18. The molecule has 1 saturated heterocycles. The summed E-state index contributed by atoms with van der Waals surface area (Å²) in [5, 5.41) is 10.2. The molecule has 0 aliphatic carbocycles. The van der Waals surface area contributed by atoms with Gasteiger partial charge in [0.1, 0.15) is 6.04 Å². The molecule has 0 saturated carbocycles. The number of nitrogens with one attached hydrogen (secondary N) is 2. The van der Waals surface area contributed by atoms with Crippen LogP contribution in [0.2, 0.25) is 0 Å². The maximum absolute atomic E-state index is 12.7. The molecule has 3 atom stereocenters. The Bertz CT molecular complexity index is 734. The van der Waals surface area contributed by atoms with Crippen LogP contribution in [-0.2, 0) is 16.6 Å². The van der Waals surface area contributed by atoms with Crippen molar-refractivity contribution in [2.24, 2.45) is 18.7 Å². The van der Waals surface area contributed by atoms with Crippen LogP contribution >= 0.6 is 12.4 Å². The first-order valence-electron chi connectivity index (χ1n) is 7.90. The molecule has 0 spiro atoms. The van der Waals surface area contributed by atoms with Gasteiger partial charge in [0.25, 0.3) is 0 Å². The lowest BCUT2D eigenvalue weighted by molar-refractivity contribution is -0.130. The third-order valence-corrected chi connectivity index (χ3v) is 4.41. The zero-order valence-corrected chi connectivity index (χ0v) is 14.7. The third-order valence-electron chi connectivity index (χ3n) is 4.41. The number of benzene rings is 1. The molecule has 1 aliphatic rings. The molecule has 2 amide bonds. The van der Waals surface area contributed by atoms with Gasteiger partial charge in [0, 0.05) is 32.3 Å². The number of amides is 2. The van der Waals surface area contributed by atoms with Crippen molar-refractivity contribution in [3.8, 4) is 0 Å². The minimum atomic E-state index is -0.825. The number of hydrogen-bond donors (Lipinski definition) is 3.